The molecule has 1 heterocycles. The molecule has 0 aliphatic heterocycles. The van der Waals surface area contributed by atoms with E-state index in [9.17, 15) is 19.5 Å². The van der Waals surface area contributed by atoms with Gasteiger partial charge in [-0.1, -0.05) is 26.7 Å². The topological polar surface area (TPSA) is 109 Å². The van der Waals surface area contributed by atoms with E-state index >= 15 is 0 Å². The van der Waals surface area contributed by atoms with E-state index in [1.54, 1.807) is 18.2 Å². The fourth-order valence-corrected chi connectivity index (χ4v) is 2.78. The number of aliphatic carboxylic acids is 1. The van der Waals surface area contributed by atoms with Gasteiger partial charge in [-0.15, -0.1) is 0 Å². The van der Waals surface area contributed by atoms with E-state index in [1.165, 1.54) is 13.0 Å². The maximum absolute atomic E-state index is 12.2. The molecule has 0 saturated heterocycles. The lowest BCUT2D eigenvalue weighted by Crippen LogP contribution is -2.51. The molecule has 0 radical (unpaired) electrons. The number of amides is 1. The lowest BCUT2D eigenvalue weighted by molar-refractivity contribution is -0.308. The highest BCUT2D eigenvalue weighted by atomic mass is 16.5. The van der Waals surface area contributed by atoms with Crippen molar-refractivity contribution in [2.75, 3.05) is 0 Å². The van der Waals surface area contributed by atoms with Crippen molar-refractivity contribution in [3.8, 4) is 5.75 Å². The van der Waals surface area contributed by atoms with Crippen LogP contribution in [0.5, 0.6) is 5.75 Å². The molecule has 2 atom stereocenters. The standard InChI is InChI=1S/C20H25NO6/c1-4-6-7-16(20(24)25)21-19(23)12(3)26-14-8-9-15-13(5-2)10-18(22)27-17(15)11-14/h8-12,16H,4-7H2,1-3H3,(H,21,23)(H,24,25)/p-1/t12-,16-/m1/s1. The summed E-state index contributed by atoms with van der Waals surface area (Å²) in [5.74, 6) is -1.52. The van der Waals surface area contributed by atoms with Gasteiger partial charge in [-0.25, -0.2) is 4.79 Å². The monoisotopic (exact) mass is 374 g/mol. The average Bonchev–Trinajstić information content (AvgIpc) is 2.63. The van der Waals surface area contributed by atoms with E-state index in [4.69, 9.17) is 9.15 Å². The zero-order valence-corrected chi connectivity index (χ0v) is 15.7. The molecule has 1 N–H and O–H groups in total. The molecular weight excluding hydrogens is 350 g/mol. The minimum absolute atomic E-state index is 0.304. The van der Waals surface area contributed by atoms with Crippen LogP contribution in [0.2, 0.25) is 0 Å². The van der Waals surface area contributed by atoms with E-state index in [1.807, 2.05) is 13.8 Å². The van der Waals surface area contributed by atoms with Crippen LogP contribution in [0.4, 0.5) is 0 Å². The molecule has 0 spiro atoms. The van der Waals surface area contributed by atoms with Gasteiger partial charge in [0, 0.05) is 17.5 Å². The van der Waals surface area contributed by atoms with Gasteiger partial charge < -0.3 is 24.4 Å². The molecule has 7 nitrogen and oxygen atoms in total. The first-order valence-electron chi connectivity index (χ1n) is 9.10. The first-order chi connectivity index (χ1) is 12.8. The highest BCUT2D eigenvalue weighted by Crippen LogP contribution is 2.23. The Kier molecular flexibility index (Phi) is 6.98. The lowest BCUT2D eigenvalue weighted by Gasteiger charge is -2.22. The van der Waals surface area contributed by atoms with Gasteiger partial charge in [0.15, 0.2) is 6.10 Å². The van der Waals surface area contributed by atoms with Gasteiger partial charge in [-0.2, -0.15) is 0 Å². The van der Waals surface area contributed by atoms with Gasteiger partial charge >= 0.3 is 5.63 Å². The van der Waals surface area contributed by atoms with Crippen LogP contribution >= 0.6 is 0 Å². The zero-order valence-electron chi connectivity index (χ0n) is 15.7. The number of rotatable bonds is 9. The Balaban J connectivity index is 2.12. The van der Waals surface area contributed by atoms with Crippen molar-refractivity contribution in [1.29, 1.82) is 0 Å². The maximum atomic E-state index is 12.2. The second-order valence-electron chi connectivity index (χ2n) is 6.38. The molecule has 1 amide bonds. The predicted molar refractivity (Wildman–Crippen MR) is 98.4 cm³/mol. The molecule has 27 heavy (non-hydrogen) atoms. The molecular formula is C20H24NO6-. The minimum atomic E-state index is -1.32. The number of carbonyl (C=O) groups excluding carboxylic acids is 2. The summed E-state index contributed by atoms with van der Waals surface area (Å²) in [7, 11) is 0. The van der Waals surface area contributed by atoms with Crippen molar-refractivity contribution < 1.29 is 23.8 Å². The number of unbranched alkanes of at least 4 members (excludes halogenated alkanes) is 1. The summed E-state index contributed by atoms with van der Waals surface area (Å²) < 4.78 is 10.8. The second kappa shape index (κ2) is 9.21. The first kappa shape index (κ1) is 20.5. The summed E-state index contributed by atoms with van der Waals surface area (Å²) >= 11 is 0. The summed E-state index contributed by atoms with van der Waals surface area (Å²) in [5.41, 5.74) is 0.793. The number of carboxylic acid groups (broad SMARTS) is 1. The highest BCUT2D eigenvalue weighted by Gasteiger charge is 2.20. The van der Waals surface area contributed by atoms with Crippen LogP contribution in [0.3, 0.4) is 0 Å². The van der Waals surface area contributed by atoms with E-state index in [-0.39, 0.29) is 0 Å². The van der Waals surface area contributed by atoms with Crippen LogP contribution in [-0.4, -0.2) is 24.0 Å². The normalized spacial score (nSPS) is 13.1. The molecule has 7 heteroatoms. The molecule has 0 saturated carbocycles. The molecule has 0 bridgehead atoms. The first-order valence-corrected chi connectivity index (χ1v) is 9.10. The average molecular weight is 374 g/mol. The number of aryl methyl sites for hydroxylation is 1. The number of carboxylic acids is 1. The van der Waals surface area contributed by atoms with E-state index in [0.29, 0.717) is 30.6 Å². The minimum Gasteiger partial charge on any atom is -0.548 e. The summed E-state index contributed by atoms with van der Waals surface area (Å²) in [6.45, 7) is 5.39. The number of ether oxygens (including phenoxy) is 1. The van der Waals surface area contributed by atoms with Crippen LogP contribution in [0.1, 0.15) is 45.6 Å². The molecule has 0 aliphatic rings. The molecule has 0 unspecified atom stereocenters. The Morgan fingerprint density at radius 1 is 1.26 bits per heavy atom. The van der Waals surface area contributed by atoms with E-state index in [0.717, 1.165) is 17.4 Å². The molecule has 0 aliphatic carbocycles. The lowest BCUT2D eigenvalue weighted by atomic mass is 10.1. The molecule has 2 rings (SSSR count). The van der Waals surface area contributed by atoms with Crippen LogP contribution in [-0.2, 0) is 16.0 Å². The summed E-state index contributed by atoms with van der Waals surface area (Å²) in [5, 5.41) is 14.4. The van der Waals surface area contributed by atoms with Gasteiger partial charge in [0.1, 0.15) is 11.3 Å². The van der Waals surface area contributed by atoms with E-state index < -0.39 is 29.6 Å². The van der Waals surface area contributed by atoms with E-state index in [2.05, 4.69) is 5.32 Å². The maximum Gasteiger partial charge on any atom is 0.336 e. The number of nitrogens with one attached hydrogen (secondary N) is 1. The van der Waals surface area contributed by atoms with Crippen LogP contribution in [0.25, 0.3) is 11.0 Å². The van der Waals surface area contributed by atoms with Crippen molar-refractivity contribution in [3.05, 3.63) is 40.2 Å². The predicted octanol–water partition coefficient (Wildman–Crippen LogP) is 1.55. The second-order valence-corrected chi connectivity index (χ2v) is 6.38. The third-order valence-electron chi connectivity index (χ3n) is 4.31. The molecule has 1 aromatic carbocycles. The van der Waals surface area contributed by atoms with Crippen LogP contribution in [0, 0.1) is 0 Å². The van der Waals surface area contributed by atoms with Crippen molar-refractivity contribution in [2.45, 2.75) is 58.6 Å². The number of hydrogen-bond donors (Lipinski definition) is 1. The van der Waals surface area contributed by atoms with Gasteiger partial charge in [0.05, 0.1) is 12.0 Å². The summed E-state index contributed by atoms with van der Waals surface area (Å²) in [6, 6.07) is 5.40. The number of fused-ring (bicyclic) bond motifs is 1. The Morgan fingerprint density at radius 2 is 2.00 bits per heavy atom. The third kappa shape index (κ3) is 5.32. The Bertz CT molecular complexity index is 872. The highest BCUT2D eigenvalue weighted by molar-refractivity contribution is 5.86. The van der Waals surface area contributed by atoms with Crippen molar-refractivity contribution >= 4 is 22.8 Å². The SMILES string of the molecule is CCCC[C@@H](NC(=O)[C@@H](C)Oc1ccc2c(CC)cc(=O)oc2c1)C(=O)[O-]. The van der Waals surface area contributed by atoms with Gasteiger partial charge in [-0.05, 0) is 37.5 Å². The zero-order chi connectivity index (χ0) is 20.0. The Labute approximate surface area is 157 Å². The molecule has 146 valence electrons. The van der Waals surface area contributed by atoms with Gasteiger partial charge in [0.25, 0.3) is 5.91 Å². The summed E-state index contributed by atoms with van der Waals surface area (Å²) in [6.07, 6.45) is 1.54. The number of carbonyl (C=O) groups is 2. The fraction of sp³-hybridized carbons (Fsp3) is 0.450. The largest absolute Gasteiger partial charge is 0.548 e. The number of benzene rings is 1. The van der Waals surface area contributed by atoms with Crippen LogP contribution in [0.15, 0.2) is 33.5 Å². The Hall–Kier alpha value is -2.83. The molecule has 0 fully saturated rings. The molecule has 2 aromatic rings. The number of hydrogen-bond acceptors (Lipinski definition) is 6. The Morgan fingerprint density at radius 3 is 2.63 bits per heavy atom. The molecule has 1 aromatic heterocycles. The van der Waals surface area contributed by atoms with Crippen molar-refractivity contribution in [1.82, 2.24) is 5.32 Å². The van der Waals surface area contributed by atoms with Crippen molar-refractivity contribution in [2.24, 2.45) is 0 Å². The quantitative estimate of drug-likeness (QED) is 0.667. The van der Waals surface area contributed by atoms with Crippen LogP contribution < -0.4 is 20.8 Å². The van der Waals surface area contributed by atoms with Crippen molar-refractivity contribution in [3.63, 3.8) is 0 Å². The summed E-state index contributed by atoms with van der Waals surface area (Å²) in [4.78, 5) is 35.0. The van der Waals surface area contributed by atoms with Gasteiger partial charge in [-0.3, -0.25) is 4.79 Å². The fourth-order valence-electron chi connectivity index (χ4n) is 2.78. The third-order valence-corrected chi connectivity index (χ3v) is 4.31. The van der Waals surface area contributed by atoms with Gasteiger partial charge in [0.2, 0.25) is 0 Å². The smallest absolute Gasteiger partial charge is 0.336 e.